The first-order chi connectivity index (χ1) is 13.6. The first kappa shape index (κ1) is 20.0. The molecule has 1 aliphatic heterocycles. The van der Waals surface area contributed by atoms with Gasteiger partial charge in [-0.25, -0.2) is 10.9 Å². The van der Waals surface area contributed by atoms with E-state index in [-0.39, 0.29) is 18.0 Å². The molecule has 1 amide bonds. The van der Waals surface area contributed by atoms with Gasteiger partial charge in [0.1, 0.15) is 23.3 Å². The number of hydrogen-bond donors (Lipinski definition) is 3. The largest absolute Gasteiger partial charge is 0.497 e. The lowest BCUT2D eigenvalue weighted by atomic mass is 10.0. The van der Waals surface area contributed by atoms with E-state index in [4.69, 9.17) is 14.2 Å². The third-order valence-electron chi connectivity index (χ3n) is 4.74. The Hall–Kier alpha value is -2.77. The van der Waals surface area contributed by atoms with Gasteiger partial charge in [0.05, 0.1) is 26.9 Å². The number of carbonyl (C=O) groups is 1. The van der Waals surface area contributed by atoms with Gasteiger partial charge in [-0.05, 0) is 37.1 Å². The number of methoxy groups -OCH3 is 2. The van der Waals surface area contributed by atoms with Gasteiger partial charge in [-0.15, -0.1) is 0 Å². The summed E-state index contributed by atoms with van der Waals surface area (Å²) in [6.07, 6.45) is 0.623. The molecule has 150 valence electrons. The number of rotatable bonds is 8. The minimum atomic E-state index is -0.320. The standard InChI is InChI=1S/C21H27N3O4/c1-4-28-15-7-5-14(6-8-15)13-22-21(25)19-12-18(23-24-19)17-10-9-16(26-2)11-20(17)27-3/h5-11,18-19,23-24H,4,12-13H2,1-3H3,(H,22,25). The summed E-state index contributed by atoms with van der Waals surface area (Å²) in [7, 11) is 3.25. The van der Waals surface area contributed by atoms with E-state index < -0.39 is 0 Å². The second-order valence-corrected chi connectivity index (χ2v) is 6.53. The van der Waals surface area contributed by atoms with Crippen LogP contribution in [0.5, 0.6) is 17.2 Å². The van der Waals surface area contributed by atoms with Gasteiger partial charge in [-0.3, -0.25) is 4.79 Å². The van der Waals surface area contributed by atoms with Gasteiger partial charge in [-0.2, -0.15) is 0 Å². The van der Waals surface area contributed by atoms with Gasteiger partial charge in [0.25, 0.3) is 0 Å². The van der Waals surface area contributed by atoms with Gasteiger partial charge in [0.2, 0.25) is 5.91 Å². The zero-order chi connectivity index (χ0) is 19.9. The number of nitrogens with one attached hydrogen (secondary N) is 3. The maximum absolute atomic E-state index is 12.5. The van der Waals surface area contributed by atoms with Crippen LogP contribution in [0.4, 0.5) is 0 Å². The maximum atomic E-state index is 12.5. The highest BCUT2D eigenvalue weighted by Gasteiger charge is 2.31. The van der Waals surface area contributed by atoms with Gasteiger partial charge < -0.3 is 19.5 Å². The number of hydrazine groups is 1. The predicted molar refractivity (Wildman–Crippen MR) is 106 cm³/mol. The molecule has 0 spiro atoms. The van der Waals surface area contributed by atoms with Crippen LogP contribution in [0, 0.1) is 0 Å². The van der Waals surface area contributed by atoms with Gasteiger partial charge in [0, 0.05) is 18.2 Å². The monoisotopic (exact) mass is 385 g/mol. The molecular formula is C21H27N3O4. The van der Waals surface area contributed by atoms with E-state index in [1.54, 1.807) is 14.2 Å². The summed E-state index contributed by atoms with van der Waals surface area (Å²) in [5.41, 5.74) is 8.27. The summed E-state index contributed by atoms with van der Waals surface area (Å²) >= 11 is 0. The predicted octanol–water partition coefficient (Wildman–Crippen LogP) is 2.33. The number of carbonyl (C=O) groups excluding carboxylic acids is 1. The lowest BCUT2D eigenvalue weighted by Crippen LogP contribution is -2.42. The Bertz CT molecular complexity index is 795. The van der Waals surface area contributed by atoms with Crippen LogP contribution in [0.1, 0.15) is 30.5 Å². The van der Waals surface area contributed by atoms with Crippen molar-refractivity contribution in [3.8, 4) is 17.2 Å². The summed E-state index contributed by atoms with van der Waals surface area (Å²) in [6.45, 7) is 3.06. The number of benzene rings is 2. The van der Waals surface area contributed by atoms with E-state index in [1.807, 2.05) is 49.4 Å². The SMILES string of the molecule is CCOc1ccc(CNC(=O)C2CC(c3ccc(OC)cc3OC)NN2)cc1. The Morgan fingerprint density at radius 2 is 1.82 bits per heavy atom. The molecule has 0 radical (unpaired) electrons. The second-order valence-electron chi connectivity index (χ2n) is 6.53. The van der Waals surface area contributed by atoms with Crippen molar-refractivity contribution in [3.63, 3.8) is 0 Å². The highest BCUT2D eigenvalue weighted by molar-refractivity contribution is 5.82. The summed E-state index contributed by atoms with van der Waals surface area (Å²) in [5.74, 6) is 2.25. The molecule has 1 heterocycles. The molecule has 3 rings (SSSR count). The van der Waals surface area contributed by atoms with Crippen LogP contribution in [-0.2, 0) is 11.3 Å². The molecule has 0 aromatic heterocycles. The van der Waals surface area contributed by atoms with Crippen molar-refractivity contribution in [2.75, 3.05) is 20.8 Å². The quantitative estimate of drug-likeness (QED) is 0.647. The van der Waals surface area contributed by atoms with Crippen LogP contribution in [0.25, 0.3) is 0 Å². The van der Waals surface area contributed by atoms with E-state index >= 15 is 0 Å². The van der Waals surface area contributed by atoms with Crippen LogP contribution < -0.4 is 30.4 Å². The molecule has 2 aromatic rings. The molecule has 1 fully saturated rings. The number of amides is 1. The molecule has 0 aliphatic carbocycles. The van der Waals surface area contributed by atoms with E-state index in [1.165, 1.54) is 0 Å². The molecule has 2 unspecified atom stereocenters. The Kier molecular flexibility index (Phi) is 6.73. The van der Waals surface area contributed by atoms with E-state index in [0.29, 0.717) is 19.6 Å². The topological polar surface area (TPSA) is 80.9 Å². The summed E-state index contributed by atoms with van der Waals surface area (Å²) in [6, 6.07) is 13.1. The second kappa shape index (κ2) is 9.43. The van der Waals surface area contributed by atoms with Crippen LogP contribution in [0.2, 0.25) is 0 Å². The average molecular weight is 385 g/mol. The first-order valence-electron chi connectivity index (χ1n) is 9.37. The third-order valence-corrected chi connectivity index (χ3v) is 4.74. The molecule has 7 heteroatoms. The van der Waals surface area contributed by atoms with Crippen LogP contribution >= 0.6 is 0 Å². The van der Waals surface area contributed by atoms with Crippen molar-refractivity contribution in [1.29, 1.82) is 0 Å². The van der Waals surface area contributed by atoms with Crippen molar-refractivity contribution in [2.45, 2.75) is 32.0 Å². The van der Waals surface area contributed by atoms with E-state index in [9.17, 15) is 4.79 Å². The average Bonchev–Trinajstić information content (AvgIpc) is 3.23. The fourth-order valence-corrected chi connectivity index (χ4v) is 3.22. The summed E-state index contributed by atoms with van der Waals surface area (Å²) < 4.78 is 16.1. The van der Waals surface area contributed by atoms with Crippen LogP contribution in [0.15, 0.2) is 42.5 Å². The van der Waals surface area contributed by atoms with Crippen molar-refractivity contribution in [3.05, 3.63) is 53.6 Å². The van der Waals surface area contributed by atoms with Crippen molar-refractivity contribution >= 4 is 5.91 Å². The normalized spacial score (nSPS) is 18.5. The van der Waals surface area contributed by atoms with Crippen LogP contribution in [-0.4, -0.2) is 32.8 Å². The molecule has 3 N–H and O–H groups in total. The molecule has 2 aromatic carbocycles. The molecule has 7 nitrogen and oxygen atoms in total. The number of hydrogen-bond acceptors (Lipinski definition) is 6. The lowest BCUT2D eigenvalue weighted by molar-refractivity contribution is -0.123. The van der Waals surface area contributed by atoms with Crippen LogP contribution in [0.3, 0.4) is 0 Å². The zero-order valence-electron chi connectivity index (χ0n) is 16.5. The van der Waals surface area contributed by atoms with Crippen molar-refractivity contribution < 1.29 is 19.0 Å². The minimum Gasteiger partial charge on any atom is -0.497 e. The van der Waals surface area contributed by atoms with E-state index in [0.717, 1.165) is 28.4 Å². The minimum absolute atomic E-state index is 0.0258. The Morgan fingerprint density at radius 1 is 1.07 bits per heavy atom. The summed E-state index contributed by atoms with van der Waals surface area (Å²) in [4.78, 5) is 12.5. The van der Waals surface area contributed by atoms with Gasteiger partial charge in [0.15, 0.2) is 0 Å². The van der Waals surface area contributed by atoms with Gasteiger partial charge in [-0.1, -0.05) is 18.2 Å². The smallest absolute Gasteiger partial charge is 0.238 e. The highest BCUT2D eigenvalue weighted by atomic mass is 16.5. The van der Waals surface area contributed by atoms with Gasteiger partial charge >= 0.3 is 0 Å². The highest BCUT2D eigenvalue weighted by Crippen LogP contribution is 2.33. The van der Waals surface area contributed by atoms with Crippen molar-refractivity contribution in [1.82, 2.24) is 16.2 Å². The number of ether oxygens (including phenoxy) is 3. The molecule has 0 bridgehead atoms. The fourth-order valence-electron chi connectivity index (χ4n) is 3.22. The lowest BCUT2D eigenvalue weighted by Gasteiger charge is -2.15. The molecule has 28 heavy (non-hydrogen) atoms. The fraction of sp³-hybridized carbons (Fsp3) is 0.381. The van der Waals surface area contributed by atoms with E-state index in [2.05, 4.69) is 16.2 Å². The third kappa shape index (κ3) is 4.74. The first-order valence-corrected chi connectivity index (χ1v) is 9.37. The summed E-state index contributed by atoms with van der Waals surface area (Å²) in [5, 5.41) is 2.98. The maximum Gasteiger partial charge on any atom is 0.238 e. The zero-order valence-corrected chi connectivity index (χ0v) is 16.5. The Morgan fingerprint density at radius 3 is 2.50 bits per heavy atom. The molecule has 1 saturated heterocycles. The Balaban J connectivity index is 1.55. The molecular weight excluding hydrogens is 358 g/mol. The molecule has 2 atom stereocenters. The van der Waals surface area contributed by atoms with Crippen molar-refractivity contribution in [2.24, 2.45) is 0 Å². The molecule has 1 aliphatic rings. The molecule has 0 saturated carbocycles. The Labute approximate surface area is 165 Å².